The summed E-state index contributed by atoms with van der Waals surface area (Å²) in [5.74, 6) is 0. The Morgan fingerprint density at radius 1 is 0.559 bits per heavy atom. The zero-order valence-electron chi connectivity index (χ0n) is 20.9. The lowest BCUT2D eigenvalue weighted by Crippen LogP contribution is -2.11. The summed E-state index contributed by atoms with van der Waals surface area (Å²) in [6, 6.07) is 30.3. The van der Waals surface area contributed by atoms with Crippen LogP contribution in [0.3, 0.4) is 0 Å². The number of hydrogen-bond donors (Lipinski definition) is 1. The maximum atomic E-state index is 2.54. The van der Waals surface area contributed by atoms with Gasteiger partial charge in [-0.3, -0.25) is 0 Å². The van der Waals surface area contributed by atoms with E-state index in [9.17, 15) is 0 Å². The zero-order chi connectivity index (χ0) is 23.8. The van der Waals surface area contributed by atoms with Crippen molar-refractivity contribution < 1.29 is 0 Å². The maximum absolute atomic E-state index is 2.54. The summed E-state index contributed by atoms with van der Waals surface area (Å²) >= 11 is 1.94. The van der Waals surface area contributed by atoms with Crippen molar-refractivity contribution in [1.82, 2.24) is 0 Å². The van der Waals surface area contributed by atoms with Crippen molar-refractivity contribution >= 4 is 42.4 Å². The van der Waals surface area contributed by atoms with Gasteiger partial charge in [-0.15, -0.1) is 11.3 Å². The number of rotatable bonds is 1. The molecule has 6 rings (SSSR count). The van der Waals surface area contributed by atoms with Gasteiger partial charge in [-0.1, -0.05) is 84.0 Å². The summed E-state index contributed by atoms with van der Waals surface area (Å²) < 4.78 is 2.80. The average molecular weight is 481 g/mol. The molecule has 0 aliphatic carbocycles. The highest BCUT2D eigenvalue weighted by molar-refractivity contribution is 8.17. The highest BCUT2D eigenvalue weighted by Gasteiger charge is 2.31. The van der Waals surface area contributed by atoms with Crippen LogP contribution in [0.15, 0.2) is 93.5 Å². The maximum Gasteiger partial charge on any atom is 0.0369 e. The van der Waals surface area contributed by atoms with Gasteiger partial charge < -0.3 is 0 Å². The molecule has 0 N–H and O–H groups in total. The molecule has 2 heteroatoms. The first-order chi connectivity index (χ1) is 16.1. The van der Waals surface area contributed by atoms with E-state index in [0.717, 1.165) is 0 Å². The smallest absolute Gasteiger partial charge is 0.0369 e. The van der Waals surface area contributed by atoms with Crippen molar-refractivity contribution in [3.63, 3.8) is 0 Å². The highest BCUT2D eigenvalue weighted by Crippen LogP contribution is 2.65. The van der Waals surface area contributed by atoms with Crippen molar-refractivity contribution in [2.45, 2.75) is 67.1 Å². The Kier molecular flexibility index (Phi) is 4.82. The van der Waals surface area contributed by atoms with Gasteiger partial charge in [0.2, 0.25) is 0 Å². The standard InChI is InChI=1S/C32H32S2/c1-31(2,3)20-15-16-28-24(17-20)22-11-8-10-14-27(22)34(28)29-19-21(32(4,5)6)18-26-30(29)23-12-7-9-13-25(23)33-26/h7-19,34H,1-6H3. The molecule has 1 aliphatic heterocycles. The normalized spacial score (nSPS) is 16.7. The Balaban J connectivity index is 1.71. The summed E-state index contributed by atoms with van der Waals surface area (Å²) in [4.78, 5) is 4.53. The van der Waals surface area contributed by atoms with Crippen LogP contribution >= 0.6 is 22.2 Å². The number of thiol groups is 1. The molecule has 2 heterocycles. The summed E-state index contributed by atoms with van der Waals surface area (Å²) in [6.07, 6.45) is 0. The summed E-state index contributed by atoms with van der Waals surface area (Å²) in [5, 5.41) is 2.86. The molecule has 0 nitrogen and oxygen atoms in total. The molecular weight excluding hydrogens is 448 g/mol. The third kappa shape index (κ3) is 3.34. The summed E-state index contributed by atoms with van der Waals surface area (Å²) in [7, 11) is -0.624. The molecule has 0 saturated heterocycles. The van der Waals surface area contributed by atoms with Gasteiger partial charge in [0.15, 0.2) is 0 Å². The molecule has 0 fully saturated rings. The van der Waals surface area contributed by atoms with E-state index in [2.05, 4.69) is 120 Å². The van der Waals surface area contributed by atoms with E-state index in [1.165, 1.54) is 57.1 Å². The van der Waals surface area contributed by atoms with E-state index in [0.29, 0.717) is 0 Å². The van der Waals surface area contributed by atoms with Crippen LogP contribution in [0.4, 0.5) is 0 Å². The quantitative estimate of drug-likeness (QED) is 0.222. The molecule has 1 aromatic heterocycles. The van der Waals surface area contributed by atoms with Gasteiger partial charge in [-0.05, 0) is 69.5 Å². The van der Waals surface area contributed by atoms with Gasteiger partial charge in [0.05, 0.1) is 0 Å². The van der Waals surface area contributed by atoms with Crippen molar-refractivity contribution in [1.29, 1.82) is 0 Å². The molecule has 0 saturated carbocycles. The molecule has 5 aromatic rings. The molecule has 0 radical (unpaired) electrons. The van der Waals surface area contributed by atoms with Crippen molar-refractivity contribution in [3.05, 3.63) is 90.0 Å². The minimum absolute atomic E-state index is 0.104. The lowest BCUT2D eigenvalue weighted by Gasteiger charge is -2.26. The first-order valence-corrected chi connectivity index (χ1v) is 14.3. The highest BCUT2D eigenvalue weighted by atomic mass is 32.2. The lowest BCUT2D eigenvalue weighted by molar-refractivity contribution is 0.589. The third-order valence-corrected chi connectivity index (χ3v) is 10.8. The number of hydrogen-bond acceptors (Lipinski definition) is 1. The van der Waals surface area contributed by atoms with Crippen LogP contribution in [0.5, 0.6) is 0 Å². The van der Waals surface area contributed by atoms with Crippen LogP contribution in [0.2, 0.25) is 0 Å². The van der Waals surface area contributed by atoms with Crippen LogP contribution in [0.25, 0.3) is 31.3 Å². The fourth-order valence-corrected chi connectivity index (χ4v) is 9.22. The molecular formula is C32H32S2. The predicted octanol–water partition coefficient (Wildman–Crippen LogP) is 10.1. The minimum Gasteiger partial charge on any atom is -0.171 e. The molecule has 4 aromatic carbocycles. The largest absolute Gasteiger partial charge is 0.171 e. The van der Waals surface area contributed by atoms with Gasteiger partial charge in [-0.2, -0.15) is 10.9 Å². The first kappa shape index (κ1) is 21.9. The third-order valence-electron chi connectivity index (χ3n) is 7.10. The second-order valence-electron chi connectivity index (χ2n) is 11.6. The van der Waals surface area contributed by atoms with E-state index in [1.807, 2.05) is 11.3 Å². The first-order valence-electron chi connectivity index (χ1n) is 12.1. The monoisotopic (exact) mass is 480 g/mol. The Morgan fingerprint density at radius 2 is 1.24 bits per heavy atom. The second-order valence-corrected chi connectivity index (χ2v) is 14.8. The van der Waals surface area contributed by atoms with Crippen LogP contribution in [0, 0.1) is 0 Å². The molecule has 0 bridgehead atoms. The van der Waals surface area contributed by atoms with Gasteiger partial charge in [-0.25, -0.2) is 0 Å². The van der Waals surface area contributed by atoms with E-state index in [1.54, 1.807) is 0 Å². The van der Waals surface area contributed by atoms with E-state index < -0.39 is 10.9 Å². The van der Waals surface area contributed by atoms with E-state index >= 15 is 0 Å². The molecule has 0 amide bonds. The van der Waals surface area contributed by atoms with Crippen LogP contribution in [-0.2, 0) is 10.8 Å². The van der Waals surface area contributed by atoms with Gasteiger partial charge in [0, 0.05) is 34.9 Å². The van der Waals surface area contributed by atoms with Gasteiger partial charge in [0.1, 0.15) is 0 Å². The topological polar surface area (TPSA) is 0 Å². The molecule has 1 atom stereocenters. The van der Waals surface area contributed by atoms with E-state index in [-0.39, 0.29) is 10.8 Å². The van der Waals surface area contributed by atoms with Crippen molar-refractivity contribution in [2.24, 2.45) is 0 Å². The average Bonchev–Trinajstić information content (AvgIpc) is 3.32. The second kappa shape index (κ2) is 7.47. The Bertz CT molecular complexity index is 1570. The van der Waals surface area contributed by atoms with Crippen LogP contribution in [0.1, 0.15) is 52.7 Å². The van der Waals surface area contributed by atoms with Gasteiger partial charge in [0.25, 0.3) is 0 Å². The Morgan fingerprint density at radius 3 is 2.00 bits per heavy atom. The van der Waals surface area contributed by atoms with Crippen LogP contribution < -0.4 is 0 Å². The molecule has 172 valence electrons. The lowest BCUT2D eigenvalue weighted by atomic mass is 9.85. The SMILES string of the molecule is CC(C)(C)c1ccc2c(c1)-c1ccccc1[SH]2c1cc(C(C)(C)C)cc2sc3ccccc3c12. The number of benzene rings is 4. The Hall–Kier alpha value is -2.55. The number of thiophene rings is 1. The fraction of sp³-hybridized carbons (Fsp3) is 0.250. The Labute approximate surface area is 210 Å². The fourth-order valence-electron chi connectivity index (χ4n) is 5.14. The molecule has 0 spiro atoms. The van der Waals surface area contributed by atoms with Gasteiger partial charge >= 0.3 is 0 Å². The number of fused-ring (bicyclic) bond motifs is 6. The minimum atomic E-state index is -0.624. The van der Waals surface area contributed by atoms with Crippen molar-refractivity contribution in [3.8, 4) is 11.1 Å². The zero-order valence-corrected chi connectivity index (χ0v) is 22.6. The van der Waals surface area contributed by atoms with Crippen molar-refractivity contribution in [2.75, 3.05) is 0 Å². The van der Waals surface area contributed by atoms with E-state index in [4.69, 9.17) is 0 Å². The summed E-state index contributed by atoms with van der Waals surface area (Å²) in [6.45, 7) is 13.9. The molecule has 34 heavy (non-hydrogen) atoms. The van der Waals surface area contributed by atoms with Crippen LogP contribution in [-0.4, -0.2) is 0 Å². The predicted molar refractivity (Wildman–Crippen MR) is 152 cm³/mol. The molecule has 1 aliphatic rings. The summed E-state index contributed by atoms with van der Waals surface area (Å²) in [5.41, 5.74) is 5.94. The molecule has 1 unspecified atom stereocenters.